The van der Waals surface area contributed by atoms with Crippen LogP contribution in [0.3, 0.4) is 0 Å². The topological polar surface area (TPSA) is 114 Å². The lowest BCUT2D eigenvalue weighted by atomic mass is 9.89. The van der Waals surface area contributed by atoms with Gasteiger partial charge in [-0.2, -0.15) is 0 Å². The predicted octanol–water partition coefficient (Wildman–Crippen LogP) is 2.07. The number of nitrogens with two attached hydrogens (primary N) is 1. The molecule has 3 saturated heterocycles. The zero-order valence-corrected chi connectivity index (χ0v) is 17.7. The molecule has 2 unspecified atom stereocenters. The van der Waals surface area contributed by atoms with E-state index in [2.05, 4.69) is 15.0 Å². The van der Waals surface area contributed by atoms with E-state index in [-0.39, 0.29) is 23.5 Å². The fraction of sp³-hybridized carbons (Fsp3) is 0.409. The van der Waals surface area contributed by atoms with Crippen molar-refractivity contribution in [1.82, 2.24) is 19.8 Å². The Balaban J connectivity index is 1.30. The van der Waals surface area contributed by atoms with Crippen LogP contribution in [0.15, 0.2) is 35.5 Å². The molecule has 5 rings (SSSR count). The lowest BCUT2D eigenvalue weighted by molar-refractivity contribution is -0.142. The molecule has 2 aromatic rings. The summed E-state index contributed by atoms with van der Waals surface area (Å²) in [7, 11) is 0. The Morgan fingerprint density at radius 3 is 2.64 bits per heavy atom. The summed E-state index contributed by atoms with van der Waals surface area (Å²) < 4.78 is 33.7. The minimum absolute atomic E-state index is 0.0894. The largest absolute Gasteiger partial charge is 0.390 e. The molecule has 3 aliphatic rings. The van der Waals surface area contributed by atoms with Crippen molar-refractivity contribution in [3.8, 4) is 0 Å². The van der Waals surface area contributed by atoms with Gasteiger partial charge in [0, 0.05) is 38.2 Å². The van der Waals surface area contributed by atoms with Gasteiger partial charge in [-0.15, -0.1) is 0 Å². The zero-order valence-electron chi connectivity index (χ0n) is 17.7. The first-order valence-electron chi connectivity index (χ1n) is 10.7. The van der Waals surface area contributed by atoms with Crippen molar-refractivity contribution in [2.45, 2.75) is 43.6 Å². The highest BCUT2D eigenvalue weighted by Crippen LogP contribution is 2.47. The number of fused-ring (bicyclic) bond motifs is 1. The molecule has 0 radical (unpaired) electrons. The minimum Gasteiger partial charge on any atom is -0.390 e. The van der Waals surface area contributed by atoms with Crippen molar-refractivity contribution in [3.05, 3.63) is 53.4 Å². The van der Waals surface area contributed by atoms with Gasteiger partial charge >= 0.3 is 0 Å². The molecule has 0 aliphatic carbocycles. The number of hydrogen-bond donors (Lipinski definition) is 1. The standard InChI is InChI=1S/C22H22F2N6O3/c23-14-9-13(10-15(24)11-14)17-1-2-18-30(17)20(32)22(33-18)4-7-29(8-5-22)19(31)16-3-6-26-21(28-16)27-12-25/h3,6,9-12,17-18H,1-2,4-5,7-8H2,(H2,25,26,27,28). The van der Waals surface area contributed by atoms with Gasteiger partial charge < -0.3 is 20.3 Å². The number of hydrogen-bond acceptors (Lipinski definition) is 6. The molecule has 1 spiro atoms. The Hall–Kier alpha value is -3.47. The van der Waals surface area contributed by atoms with Crippen molar-refractivity contribution < 1.29 is 23.1 Å². The number of carbonyl (C=O) groups is 2. The van der Waals surface area contributed by atoms with Gasteiger partial charge in [0.15, 0.2) is 5.60 Å². The Bertz CT molecular complexity index is 1110. The first-order valence-corrected chi connectivity index (χ1v) is 10.7. The number of amides is 2. The zero-order chi connectivity index (χ0) is 23.2. The summed E-state index contributed by atoms with van der Waals surface area (Å²) in [5.41, 5.74) is 4.84. The second kappa shape index (κ2) is 8.14. The van der Waals surface area contributed by atoms with Crippen LogP contribution in [-0.4, -0.2) is 62.8 Å². The van der Waals surface area contributed by atoms with Crippen molar-refractivity contribution >= 4 is 24.1 Å². The molecule has 3 aliphatic heterocycles. The fourth-order valence-corrected chi connectivity index (χ4v) is 4.97. The van der Waals surface area contributed by atoms with Crippen LogP contribution in [-0.2, 0) is 9.53 Å². The van der Waals surface area contributed by atoms with Crippen LogP contribution in [0.2, 0.25) is 0 Å². The lowest BCUT2D eigenvalue weighted by Gasteiger charge is -2.37. The van der Waals surface area contributed by atoms with E-state index in [0.29, 0.717) is 44.3 Å². The van der Waals surface area contributed by atoms with Crippen molar-refractivity contribution in [2.24, 2.45) is 10.7 Å². The van der Waals surface area contributed by atoms with Gasteiger partial charge in [0.2, 0.25) is 0 Å². The third-order valence-electron chi connectivity index (χ3n) is 6.50. The first-order chi connectivity index (χ1) is 15.9. The Morgan fingerprint density at radius 2 is 1.94 bits per heavy atom. The molecule has 172 valence electrons. The van der Waals surface area contributed by atoms with Crippen LogP contribution in [0.25, 0.3) is 0 Å². The summed E-state index contributed by atoms with van der Waals surface area (Å²) in [6, 6.07) is 4.41. The van der Waals surface area contributed by atoms with Crippen LogP contribution in [0.1, 0.15) is 47.8 Å². The predicted molar refractivity (Wildman–Crippen MR) is 112 cm³/mol. The first kappa shape index (κ1) is 21.4. The second-order valence-corrected chi connectivity index (χ2v) is 8.39. The van der Waals surface area contributed by atoms with Gasteiger partial charge in [-0.1, -0.05) is 0 Å². The number of aromatic nitrogens is 2. The summed E-state index contributed by atoms with van der Waals surface area (Å²) >= 11 is 0. The molecule has 0 bridgehead atoms. The van der Waals surface area contributed by atoms with Crippen LogP contribution >= 0.6 is 0 Å². The van der Waals surface area contributed by atoms with Crippen LogP contribution in [0, 0.1) is 11.6 Å². The van der Waals surface area contributed by atoms with E-state index in [1.54, 1.807) is 9.80 Å². The van der Waals surface area contributed by atoms with Gasteiger partial charge in [-0.05, 0) is 36.6 Å². The SMILES string of the molecule is N/C=N\c1nccc(C(=O)N2CCC3(CC2)OC2CCC(c4cc(F)cc(F)c4)N2C3=O)n1. The van der Waals surface area contributed by atoms with Crippen LogP contribution in [0.4, 0.5) is 14.7 Å². The molecular weight excluding hydrogens is 434 g/mol. The third-order valence-corrected chi connectivity index (χ3v) is 6.50. The minimum atomic E-state index is -1.04. The lowest BCUT2D eigenvalue weighted by Crippen LogP contribution is -2.51. The van der Waals surface area contributed by atoms with Crippen LogP contribution < -0.4 is 5.73 Å². The second-order valence-electron chi connectivity index (χ2n) is 8.39. The number of aliphatic imine (C=N–C) groups is 1. The number of carbonyl (C=O) groups excluding carboxylic acids is 2. The molecule has 3 fully saturated rings. The number of halogens is 2. The van der Waals surface area contributed by atoms with Crippen molar-refractivity contribution in [2.75, 3.05) is 13.1 Å². The summed E-state index contributed by atoms with van der Waals surface area (Å²) in [4.78, 5) is 41.4. The molecule has 11 heteroatoms. The molecule has 33 heavy (non-hydrogen) atoms. The summed E-state index contributed by atoms with van der Waals surface area (Å²) in [5.74, 6) is -1.74. The van der Waals surface area contributed by atoms with E-state index in [0.717, 1.165) is 12.4 Å². The van der Waals surface area contributed by atoms with E-state index < -0.39 is 29.5 Å². The van der Waals surface area contributed by atoms with E-state index in [4.69, 9.17) is 10.5 Å². The Labute approximate surface area is 188 Å². The van der Waals surface area contributed by atoms with Crippen molar-refractivity contribution in [1.29, 1.82) is 0 Å². The molecule has 1 aromatic heterocycles. The maximum absolute atomic E-state index is 13.8. The maximum Gasteiger partial charge on any atom is 0.272 e. The highest BCUT2D eigenvalue weighted by Gasteiger charge is 2.58. The molecule has 1 aromatic carbocycles. The van der Waals surface area contributed by atoms with E-state index in [9.17, 15) is 18.4 Å². The summed E-state index contributed by atoms with van der Waals surface area (Å²) in [6.07, 6.45) is 3.86. The average Bonchev–Trinajstić information content (AvgIpc) is 3.32. The molecule has 2 amide bonds. The normalized spacial score (nSPS) is 24.1. The average molecular weight is 456 g/mol. The number of ether oxygens (including phenoxy) is 1. The molecule has 2 atom stereocenters. The summed E-state index contributed by atoms with van der Waals surface area (Å²) in [6.45, 7) is 0.619. The van der Waals surface area contributed by atoms with E-state index in [1.165, 1.54) is 24.4 Å². The van der Waals surface area contributed by atoms with Crippen LogP contribution in [0.5, 0.6) is 0 Å². The fourth-order valence-electron chi connectivity index (χ4n) is 4.97. The van der Waals surface area contributed by atoms with E-state index >= 15 is 0 Å². The highest BCUT2D eigenvalue weighted by atomic mass is 19.1. The monoisotopic (exact) mass is 456 g/mol. The quantitative estimate of drug-likeness (QED) is 0.559. The maximum atomic E-state index is 13.8. The Kier molecular flexibility index (Phi) is 5.28. The van der Waals surface area contributed by atoms with Gasteiger partial charge in [0.05, 0.1) is 12.4 Å². The van der Waals surface area contributed by atoms with Crippen molar-refractivity contribution in [3.63, 3.8) is 0 Å². The molecule has 2 N–H and O–H groups in total. The Morgan fingerprint density at radius 1 is 1.21 bits per heavy atom. The molecular formula is C22H22F2N6O3. The third kappa shape index (κ3) is 3.71. The van der Waals surface area contributed by atoms with Gasteiger partial charge in [0.25, 0.3) is 17.8 Å². The van der Waals surface area contributed by atoms with Gasteiger partial charge in [-0.25, -0.2) is 23.7 Å². The number of rotatable bonds is 3. The van der Waals surface area contributed by atoms with Gasteiger partial charge in [-0.3, -0.25) is 9.59 Å². The van der Waals surface area contributed by atoms with Gasteiger partial charge in [0.1, 0.15) is 23.6 Å². The number of benzene rings is 1. The number of likely N-dealkylation sites (tertiary alicyclic amines) is 1. The van der Waals surface area contributed by atoms with E-state index in [1.807, 2.05) is 0 Å². The number of piperidine rings is 1. The smallest absolute Gasteiger partial charge is 0.272 e. The summed E-state index contributed by atoms with van der Waals surface area (Å²) in [5, 5.41) is 0. The molecule has 4 heterocycles. The number of nitrogens with zero attached hydrogens (tertiary/aromatic N) is 5. The highest BCUT2D eigenvalue weighted by molar-refractivity contribution is 5.93. The molecule has 9 nitrogen and oxygen atoms in total. The molecule has 0 saturated carbocycles.